The van der Waals surface area contributed by atoms with Gasteiger partial charge in [0.2, 0.25) is 0 Å². The molecular formula is C20H21N3O4. The van der Waals surface area contributed by atoms with Crippen molar-refractivity contribution in [3.05, 3.63) is 59.4 Å². The number of nitrogens with zero attached hydrogens (tertiary/aromatic N) is 2. The second kappa shape index (κ2) is 7.99. The number of anilines is 1. The van der Waals surface area contributed by atoms with E-state index in [1.165, 1.54) is 18.3 Å². The standard InChI is InChI=1S/C20H21N3O4/c1-13-4-2-3-11-23(13)19(25)14-5-7-16(8-6-14)22-18(24)17-12-15(20(26)27)9-10-21-17/h5-10,12-13H,2-4,11H2,1H3,(H,22,24)(H,26,27). The molecule has 2 aromatic rings. The van der Waals surface area contributed by atoms with Crippen LogP contribution in [-0.2, 0) is 0 Å². The van der Waals surface area contributed by atoms with Crippen molar-refractivity contribution in [1.82, 2.24) is 9.88 Å². The largest absolute Gasteiger partial charge is 0.478 e. The highest BCUT2D eigenvalue weighted by Gasteiger charge is 2.24. The van der Waals surface area contributed by atoms with E-state index in [1.54, 1.807) is 24.3 Å². The Morgan fingerprint density at radius 1 is 1.11 bits per heavy atom. The molecule has 1 aromatic carbocycles. The van der Waals surface area contributed by atoms with Gasteiger partial charge in [-0.2, -0.15) is 0 Å². The van der Waals surface area contributed by atoms with E-state index in [9.17, 15) is 14.4 Å². The first-order chi connectivity index (χ1) is 13.0. The number of pyridine rings is 1. The number of benzene rings is 1. The monoisotopic (exact) mass is 367 g/mol. The van der Waals surface area contributed by atoms with Crippen LogP contribution in [0.2, 0.25) is 0 Å². The number of hydrogen-bond acceptors (Lipinski definition) is 4. The highest BCUT2D eigenvalue weighted by molar-refractivity contribution is 6.04. The number of aromatic carboxylic acids is 1. The third-order valence-electron chi connectivity index (χ3n) is 4.69. The second-order valence-corrected chi connectivity index (χ2v) is 6.61. The molecule has 7 heteroatoms. The molecule has 0 aliphatic carbocycles. The number of carboxylic acids is 1. The van der Waals surface area contributed by atoms with Crippen LogP contribution >= 0.6 is 0 Å². The van der Waals surface area contributed by atoms with Crippen molar-refractivity contribution in [2.45, 2.75) is 32.2 Å². The van der Waals surface area contributed by atoms with Crippen LogP contribution in [0.4, 0.5) is 5.69 Å². The Labute approximate surface area is 157 Å². The van der Waals surface area contributed by atoms with Gasteiger partial charge in [-0.15, -0.1) is 0 Å². The van der Waals surface area contributed by atoms with Crippen LogP contribution in [0.5, 0.6) is 0 Å². The van der Waals surface area contributed by atoms with E-state index in [4.69, 9.17) is 5.11 Å². The van der Waals surface area contributed by atoms with Gasteiger partial charge in [0.05, 0.1) is 5.56 Å². The van der Waals surface area contributed by atoms with Gasteiger partial charge in [-0.25, -0.2) is 4.79 Å². The predicted octanol–water partition coefficient (Wildman–Crippen LogP) is 3.05. The summed E-state index contributed by atoms with van der Waals surface area (Å²) in [5, 5.41) is 11.7. The molecule has 1 atom stereocenters. The predicted molar refractivity (Wildman–Crippen MR) is 99.9 cm³/mol. The number of hydrogen-bond donors (Lipinski definition) is 2. The molecular weight excluding hydrogens is 346 g/mol. The van der Waals surface area contributed by atoms with Gasteiger partial charge >= 0.3 is 5.97 Å². The maximum Gasteiger partial charge on any atom is 0.335 e. The van der Waals surface area contributed by atoms with Gasteiger partial charge in [0.15, 0.2) is 0 Å². The normalized spacial score (nSPS) is 16.6. The summed E-state index contributed by atoms with van der Waals surface area (Å²) in [5.74, 6) is -1.64. The number of aromatic nitrogens is 1. The van der Waals surface area contributed by atoms with Crippen molar-refractivity contribution in [3.8, 4) is 0 Å². The molecule has 2 N–H and O–H groups in total. The Hall–Kier alpha value is -3.22. The molecule has 1 aliphatic rings. The summed E-state index contributed by atoms with van der Waals surface area (Å²) in [6.45, 7) is 2.83. The first-order valence-corrected chi connectivity index (χ1v) is 8.87. The summed E-state index contributed by atoms with van der Waals surface area (Å²) in [4.78, 5) is 41.7. The lowest BCUT2D eigenvalue weighted by molar-refractivity contribution is 0.0634. The lowest BCUT2D eigenvalue weighted by Gasteiger charge is -2.33. The number of carbonyl (C=O) groups excluding carboxylic acids is 2. The quantitative estimate of drug-likeness (QED) is 0.865. The van der Waals surface area contributed by atoms with E-state index in [0.29, 0.717) is 11.3 Å². The molecule has 1 fully saturated rings. The van der Waals surface area contributed by atoms with Crippen molar-refractivity contribution < 1.29 is 19.5 Å². The summed E-state index contributed by atoms with van der Waals surface area (Å²) in [6.07, 6.45) is 4.46. The molecule has 0 spiro atoms. The van der Waals surface area contributed by atoms with E-state index < -0.39 is 11.9 Å². The molecule has 7 nitrogen and oxygen atoms in total. The summed E-state index contributed by atoms with van der Waals surface area (Å²) in [5.41, 5.74) is 1.09. The minimum atomic E-state index is -1.12. The molecule has 0 bridgehead atoms. The van der Waals surface area contributed by atoms with Crippen LogP contribution in [-0.4, -0.2) is 45.4 Å². The van der Waals surface area contributed by atoms with Crippen LogP contribution in [0.1, 0.15) is 57.4 Å². The fraction of sp³-hybridized carbons (Fsp3) is 0.300. The van der Waals surface area contributed by atoms with E-state index >= 15 is 0 Å². The van der Waals surface area contributed by atoms with Gasteiger partial charge in [0, 0.05) is 30.0 Å². The van der Waals surface area contributed by atoms with Gasteiger partial charge < -0.3 is 15.3 Å². The number of nitrogens with one attached hydrogen (secondary N) is 1. The zero-order valence-corrected chi connectivity index (χ0v) is 15.0. The minimum absolute atomic E-state index is 0.00379. The fourth-order valence-corrected chi connectivity index (χ4v) is 3.14. The van der Waals surface area contributed by atoms with E-state index in [-0.39, 0.29) is 23.2 Å². The first-order valence-electron chi connectivity index (χ1n) is 8.87. The first kappa shape index (κ1) is 18.6. The molecule has 1 unspecified atom stereocenters. The number of rotatable bonds is 4. The summed E-state index contributed by atoms with van der Waals surface area (Å²) >= 11 is 0. The van der Waals surface area contributed by atoms with Gasteiger partial charge in [-0.05, 0) is 62.6 Å². The minimum Gasteiger partial charge on any atom is -0.478 e. The third kappa shape index (κ3) is 4.31. The lowest BCUT2D eigenvalue weighted by atomic mass is 10.0. The molecule has 2 amide bonds. The second-order valence-electron chi connectivity index (χ2n) is 6.61. The van der Waals surface area contributed by atoms with Gasteiger partial charge in [-0.3, -0.25) is 14.6 Å². The lowest BCUT2D eigenvalue weighted by Crippen LogP contribution is -2.42. The third-order valence-corrected chi connectivity index (χ3v) is 4.69. The maximum atomic E-state index is 12.6. The zero-order chi connectivity index (χ0) is 19.4. The van der Waals surface area contributed by atoms with Crippen molar-refractivity contribution in [1.29, 1.82) is 0 Å². The average molecular weight is 367 g/mol. The fourth-order valence-electron chi connectivity index (χ4n) is 3.14. The number of piperidine rings is 1. The van der Waals surface area contributed by atoms with E-state index in [0.717, 1.165) is 25.8 Å². The van der Waals surface area contributed by atoms with Crippen LogP contribution in [0.25, 0.3) is 0 Å². The molecule has 1 aromatic heterocycles. The summed E-state index contributed by atoms with van der Waals surface area (Å²) in [7, 11) is 0. The SMILES string of the molecule is CC1CCCCN1C(=O)c1ccc(NC(=O)c2cc(C(=O)O)ccn2)cc1. The Morgan fingerprint density at radius 2 is 1.85 bits per heavy atom. The van der Waals surface area contributed by atoms with E-state index in [1.807, 2.05) is 4.90 Å². The number of likely N-dealkylation sites (tertiary alicyclic amines) is 1. The topological polar surface area (TPSA) is 99.6 Å². The van der Waals surface area contributed by atoms with Gasteiger partial charge in [0.1, 0.15) is 5.69 Å². The zero-order valence-electron chi connectivity index (χ0n) is 15.0. The molecule has 0 radical (unpaired) electrons. The van der Waals surface area contributed by atoms with Crippen molar-refractivity contribution >= 4 is 23.5 Å². The highest BCUT2D eigenvalue weighted by Crippen LogP contribution is 2.20. The van der Waals surface area contributed by atoms with Crippen LogP contribution in [0, 0.1) is 0 Å². The molecule has 3 rings (SSSR count). The highest BCUT2D eigenvalue weighted by atomic mass is 16.4. The Morgan fingerprint density at radius 3 is 2.52 bits per heavy atom. The molecule has 140 valence electrons. The maximum absolute atomic E-state index is 12.6. The molecule has 2 heterocycles. The number of amides is 2. The molecule has 1 aliphatic heterocycles. The van der Waals surface area contributed by atoms with E-state index in [2.05, 4.69) is 17.2 Å². The van der Waals surface area contributed by atoms with Crippen molar-refractivity contribution in [2.75, 3.05) is 11.9 Å². The van der Waals surface area contributed by atoms with Gasteiger partial charge in [-0.1, -0.05) is 0 Å². The Bertz CT molecular complexity index is 864. The number of carbonyl (C=O) groups is 3. The average Bonchev–Trinajstić information content (AvgIpc) is 2.68. The number of carboxylic acid groups (broad SMARTS) is 1. The molecule has 0 saturated carbocycles. The summed E-state index contributed by atoms with van der Waals surface area (Å²) in [6, 6.07) is 9.44. The summed E-state index contributed by atoms with van der Waals surface area (Å²) < 4.78 is 0. The smallest absolute Gasteiger partial charge is 0.335 e. The Balaban J connectivity index is 1.68. The van der Waals surface area contributed by atoms with Crippen LogP contribution in [0.15, 0.2) is 42.6 Å². The molecule has 1 saturated heterocycles. The van der Waals surface area contributed by atoms with Gasteiger partial charge in [0.25, 0.3) is 11.8 Å². The Kier molecular flexibility index (Phi) is 5.49. The van der Waals surface area contributed by atoms with Crippen molar-refractivity contribution in [2.24, 2.45) is 0 Å². The molecule has 27 heavy (non-hydrogen) atoms. The van der Waals surface area contributed by atoms with Crippen LogP contribution < -0.4 is 5.32 Å². The van der Waals surface area contributed by atoms with Crippen LogP contribution in [0.3, 0.4) is 0 Å². The van der Waals surface area contributed by atoms with Crippen molar-refractivity contribution in [3.63, 3.8) is 0 Å².